The van der Waals surface area contributed by atoms with Gasteiger partial charge in [0.15, 0.2) is 0 Å². The highest BCUT2D eigenvalue weighted by molar-refractivity contribution is 7.13. The predicted octanol–water partition coefficient (Wildman–Crippen LogP) is 5.19. The highest BCUT2D eigenvalue weighted by Crippen LogP contribution is 2.30. The summed E-state index contributed by atoms with van der Waals surface area (Å²) in [5, 5.41) is 3.99. The van der Waals surface area contributed by atoms with E-state index >= 15 is 0 Å². The molecule has 0 atom stereocenters. The van der Waals surface area contributed by atoms with E-state index in [0.29, 0.717) is 5.69 Å². The second-order valence-electron chi connectivity index (χ2n) is 8.32. The Hall–Kier alpha value is -3.36. The number of anilines is 2. The highest BCUT2D eigenvalue weighted by atomic mass is 32.1. The number of amides is 1. The maximum absolute atomic E-state index is 14.0. The summed E-state index contributed by atoms with van der Waals surface area (Å²) in [6.07, 6.45) is 0.752. The molecule has 1 N–H and O–H groups in total. The van der Waals surface area contributed by atoms with Gasteiger partial charge in [0.2, 0.25) is 0 Å². The van der Waals surface area contributed by atoms with E-state index < -0.39 is 17.5 Å². The number of benzene rings is 3. The summed E-state index contributed by atoms with van der Waals surface area (Å²) in [6, 6.07) is 18.8. The van der Waals surface area contributed by atoms with Gasteiger partial charge >= 0.3 is 0 Å². The zero-order valence-electron chi connectivity index (χ0n) is 18.5. The lowest BCUT2D eigenvalue weighted by Gasteiger charge is -2.35. The van der Waals surface area contributed by atoms with Gasteiger partial charge in [-0.1, -0.05) is 30.3 Å². The average molecular weight is 479 g/mol. The van der Waals surface area contributed by atoms with Crippen molar-refractivity contribution in [1.82, 2.24) is 9.27 Å². The lowest BCUT2D eigenvalue weighted by atomic mass is 10.1. The van der Waals surface area contributed by atoms with Crippen LogP contribution in [0.15, 0.2) is 66.7 Å². The first-order valence-corrected chi connectivity index (χ1v) is 12.0. The van der Waals surface area contributed by atoms with Gasteiger partial charge in [-0.2, -0.15) is 4.37 Å². The van der Waals surface area contributed by atoms with Gasteiger partial charge in [-0.15, -0.1) is 0 Å². The molecule has 1 amide bonds. The number of carbonyl (C=O) groups is 1. The molecule has 3 aromatic carbocycles. The lowest BCUT2D eigenvalue weighted by molar-refractivity contribution is 0.102. The van der Waals surface area contributed by atoms with E-state index in [-0.39, 0.29) is 5.56 Å². The van der Waals surface area contributed by atoms with E-state index in [2.05, 4.69) is 37.7 Å². The summed E-state index contributed by atoms with van der Waals surface area (Å²) in [4.78, 5) is 17.3. The van der Waals surface area contributed by atoms with Crippen LogP contribution >= 0.6 is 11.5 Å². The number of fused-ring (bicyclic) bond motifs is 1. The zero-order valence-corrected chi connectivity index (χ0v) is 19.3. The van der Waals surface area contributed by atoms with Crippen molar-refractivity contribution in [2.75, 3.05) is 42.9 Å². The Balaban J connectivity index is 1.19. The van der Waals surface area contributed by atoms with Crippen molar-refractivity contribution >= 4 is 39.0 Å². The van der Waals surface area contributed by atoms with Crippen molar-refractivity contribution in [3.8, 4) is 0 Å². The molecule has 0 bridgehead atoms. The van der Waals surface area contributed by atoms with E-state index in [1.807, 2.05) is 24.3 Å². The third-order valence-corrected chi connectivity index (χ3v) is 6.99. The van der Waals surface area contributed by atoms with Gasteiger partial charge < -0.3 is 10.2 Å². The third-order valence-electron chi connectivity index (χ3n) is 6.17. The Kier molecular flexibility index (Phi) is 6.51. The molecule has 5 nitrogen and oxygen atoms in total. The van der Waals surface area contributed by atoms with Crippen LogP contribution in [0.2, 0.25) is 0 Å². The van der Waals surface area contributed by atoms with Crippen LogP contribution in [0.5, 0.6) is 0 Å². The molecular formula is C26H24F2N4OS. The van der Waals surface area contributed by atoms with Crippen LogP contribution in [-0.4, -0.2) is 47.9 Å². The molecule has 1 aliphatic rings. The number of aromatic nitrogens is 1. The van der Waals surface area contributed by atoms with Crippen molar-refractivity contribution < 1.29 is 13.6 Å². The molecule has 1 aromatic heterocycles. The van der Waals surface area contributed by atoms with Gasteiger partial charge in [-0.25, -0.2) is 8.78 Å². The SMILES string of the molecule is O=C(Nc1ccccc1CCN1CCN(c2nsc3ccccc23)CC1)c1ccc(F)cc1F. The van der Waals surface area contributed by atoms with E-state index in [4.69, 9.17) is 0 Å². The van der Waals surface area contributed by atoms with Gasteiger partial charge in [-0.05, 0) is 53.8 Å². The van der Waals surface area contributed by atoms with Crippen LogP contribution in [0, 0.1) is 11.6 Å². The minimum absolute atomic E-state index is 0.179. The first-order valence-electron chi connectivity index (χ1n) is 11.2. The number of piperazine rings is 1. The quantitative estimate of drug-likeness (QED) is 0.414. The molecule has 0 saturated carbocycles. The molecule has 2 heterocycles. The highest BCUT2D eigenvalue weighted by Gasteiger charge is 2.21. The van der Waals surface area contributed by atoms with Crippen molar-refractivity contribution in [2.24, 2.45) is 0 Å². The second kappa shape index (κ2) is 9.87. The molecule has 0 unspecified atom stereocenters. The lowest BCUT2D eigenvalue weighted by Crippen LogP contribution is -2.47. The Bertz CT molecular complexity index is 1320. The molecule has 0 aliphatic carbocycles. The van der Waals surface area contributed by atoms with Gasteiger partial charge in [0, 0.05) is 49.9 Å². The number of rotatable bonds is 6. The fourth-order valence-electron chi connectivity index (χ4n) is 4.29. The predicted molar refractivity (Wildman–Crippen MR) is 133 cm³/mol. The first kappa shape index (κ1) is 22.4. The molecule has 34 heavy (non-hydrogen) atoms. The first-order chi connectivity index (χ1) is 16.6. The average Bonchev–Trinajstić information content (AvgIpc) is 3.28. The number of nitrogens with one attached hydrogen (secondary N) is 1. The van der Waals surface area contributed by atoms with Crippen LogP contribution < -0.4 is 10.2 Å². The Morgan fingerprint density at radius 1 is 0.971 bits per heavy atom. The fourth-order valence-corrected chi connectivity index (χ4v) is 5.08. The molecule has 1 saturated heterocycles. The van der Waals surface area contributed by atoms with Crippen LogP contribution in [0.25, 0.3) is 10.1 Å². The van der Waals surface area contributed by atoms with Gasteiger partial charge in [-0.3, -0.25) is 9.69 Å². The molecular weight excluding hydrogens is 454 g/mol. The van der Waals surface area contributed by atoms with Gasteiger partial charge in [0.1, 0.15) is 17.5 Å². The van der Waals surface area contributed by atoms with E-state index in [1.54, 1.807) is 17.6 Å². The fraction of sp³-hybridized carbons (Fsp3) is 0.231. The number of hydrogen-bond acceptors (Lipinski definition) is 5. The van der Waals surface area contributed by atoms with Crippen LogP contribution in [0.3, 0.4) is 0 Å². The number of halogens is 2. The van der Waals surface area contributed by atoms with E-state index in [0.717, 1.165) is 68.7 Å². The minimum atomic E-state index is -0.874. The Morgan fingerprint density at radius 2 is 1.74 bits per heavy atom. The largest absolute Gasteiger partial charge is 0.353 e. The Morgan fingerprint density at radius 3 is 2.56 bits per heavy atom. The van der Waals surface area contributed by atoms with Crippen LogP contribution in [0.4, 0.5) is 20.3 Å². The third kappa shape index (κ3) is 4.78. The molecule has 0 spiro atoms. The molecule has 174 valence electrons. The van der Waals surface area contributed by atoms with E-state index in [1.165, 1.54) is 10.1 Å². The number of para-hydroxylation sites is 1. The van der Waals surface area contributed by atoms with E-state index in [9.17, 15) is 13.6 Å². The monoisotopic (exact) mass is 478 g/mol. The topological polar surface area (TPSA) is 48.5 Å². The number of hydrogen-bond donors (Lipinski definition) is 1. The number of nitrogens with zero attached hydrogens (tertiary/aromatic N) is 3. The molecule has 1 aliphatic heterocycles. The summed E-state index contributed by atoms with van der Waals surface area (Å²) in [5.41, 5.74) is 1.44. The smallest absolute Gasteiger partial charge is 0.258 e. The molecule has 8 heteroatoms. The second-order valence-corrected chi connectivity index (χ2v) is 9.12. The molecule has 5 rings (SSSR count). The summed E-state index contributed by atoms with van der Waals surface area (Å²) in [6.45, 7) is 4.54. The summed E-state index contributed by atoms with van der Waals surface area (Å²) in [7, 11) is 0. The number of carbonyl (C=O) groups excluding carboxylic acids is 1. The standard InChI is InChI=1S/C26H24F2N4OS/c27-19-9-10-20(22(28)17-19)26(33)29-23-7-3-1-5-18(23)11-12-31-13-15-32(16-14-31)25-21-6-2-4-8-24(21)34-30-25/h1-10,17H,11-16H2,(H,29,33). The molecule has 0 radical (unpaired) electrons. The maximum atomic E-state index is 14.0. The van der Waals surface area contributed by atoms with Crippen molar-refractivity contribution in [1.29, 1.82) is 0 Å². The summed E-state index contributed by atoms with van der Waals surface area (Å²) in [5.74, 6) is -1.10. The van der Waals surface area contributed by atoms with Gasteiger partial charge in [0.25, 0.3) is 5.91 Å². The van der Waals surface area contributed by atoms with Crippen molar-refractivity contribution in [3.05, 3.63) is 89.5 Å². The van der Waals surface area contributed by atoms with Crippen molar-refractivity contribution in [3.63, 3.8) is 0 Å². The molecule has 1 fully saturated rings. The van der Waals surface area contributed by atoms with Gasteiger partial charge in [0.05, 0.1) is 10.3 Å². The van der Waals surface area contributed by atoms with Crippen molar-refractivity contribution in [2.45, 2.75) is 6.42 Å². The molecule has 4 aromatic rings. The summed E-state index contributed by atoms with van der Waals surface area (Å²) >= 11 is 1.54. The Labute approximate surface area is 200 Å². The maximum Gasteiger partial charge on any atom is 0.258 e. The van der Waals surface area contributed by atoms with Crippen LogP contribution in [-0.2, 0) is 6.42 Å². The zero-order chi connectivity index (χ0) is 23.5. The minimum Gasteiger partial charge on any atom is -0.353 e. The van der Waals surface area contributed by atoms with Crippen LogP contribution in [0.1, 0.15) is 15.9 Å². The normalized spacial score (nSPS) is 14.5. The summed E-state index contributed by atoms with van der Waals surface area (Å²) < 4.78 is 33.1.